The standard InChI is InChI=1S/C24H29N5OS/c1-5-8-20-26-27-24-29(20)28-21(18-13-11-17(6-2)12-14-18)22(31-24)23(30)25-19-10-7-9-15(3)16(19)4/h7,9-14,21-22,28H,5-6,8H2,1-4H3,(H,25,30). The lowest BCUT2D eigenvalue weighted by Gasteiger charge is -2.33. The fourth-order valence-electron chi connectivity index (χ4n) is 3.79. The molecule has 2 heterocycles. The Balaban J connectivity index is 1.68. The molecule has 3 aromatic rings. The van der Waals surface area contributed by atoms with Crippen molar-refractivity contribution in [2.45, 2.75) is 63.4 Å². The van der Waals surface area contributed by atoms with Crippen molar-refractivity contribution in [3.63, 3.8) is 0 Å². The largest absolute Gasteiger partial charge is 0.325 e. The van der Waals surface area contributed by atoms with E-state index in [0.29, 0.717) is 0 Å². The van der Waals surface area contributed by atoms with Crippen LogP contribution in [-0.2, 0) is 17.6 Å². The van der Waals surface area contributed by atoms with Gasteiger partial charge in [-0.05, 0) is 55.0 Å². The molecule has 4 rings (SSSR count). The monoisotopic (exact) mass is 435 g/mol. The van der Waals surface area contributed by atoms with Gasteiger partial charge in [-0.25, -0.2) is 4.68 Å². The highest BCUT2D eigenvalue weighted by atomic mass is 32.2. The summed E-state index contributed by atoms with van der Waals surface area (Å²) in [7, 11) is 0. The van der Waals surface area contributed by atoms with E-state index in [1.807, 2.05) is 23.7 Å². The van der Waals surface area contributed by atoms with Crippen LogP contribution in [0.2, 0.25) is 0 Å². The molecule has 1 aromatic heterocycles. The Hall–Kier alpha value is -2.80. The van der Waals surface area contributed by atoms with E-state index in [1.165, 1.54) is 17.3 Å². The van der Waals surface area contributed by atoms with E-state index in [0.717, 1.165) is 52.6 Å². The molecule has 2 atom stereocenters. The predicted octanol–water partition coefficient (Wildman–Crippen LogP) is 4.81. The van der Waals surface area contributed by atoms with Crippen molar-refractivity contribution in [3.8, 4) is 0 Å². The van der Waals surface area contributed by atoms with Gasteiger partial charge in [-0.3, -0.25) is 4.79 Å². The summed E-state index contributed by atoms with van der Waals surface area (Å²) in [5.74, 6) is 0.857. The van der Waals surface area contributed by atoms with Crippen molar-refractivity contribution >= 4 is 23.4 Å². The van der Waals surface area contributed by atoms with Crippen LogP contribution < -0.4 is 10.7 Å². The van der Waals surface area contributed by atoms with E-state index in [4.69, 9.17) is 0 Å². The van der Waals surface area contributed by atoms with Gasteiger partial charge in [0.2, 0.25) is 11.1 Å². The van der Waals surface area contributed by atoms with Gasteiger partial charge in [-0.2, -0.15) is 0 Å². The van der Waals surface area contributed by atoms with E-state index in [9.17, 15) is 4.79 Å². The van der Waals surface area contributed by atoms with Crippen LogP contribution in [0.1, 0.15) is 54.4 Å². The lowest BCUT2D eigenvalue weighted by Crippen LogP contribution is -2.41. The molecule has 0 bridgehead atoms. The Labute approximate surface area is 187 Å². The molecule has 162 valence electrons. The Bertz CT molecular complexity index is 1080. The number of hydrogen-bond acceptors (Lipinski definition) is 5. The minimum atomic E-state index is -0.376. The van der Waals surface area contributed by atoms with Crippen molar-refractivity contribution in [3.05, 3.63) is 70.5 Å². The smallest absolute Gasteiger partial charge is 0.240 e. The van der Waals surface area contributed by atoms with Gasteiger partial charge in [0.15, 0.2) is 5.82 Å². The van der Waals surface area contributed by atoms with Crippen LogP contribution in [-0.4, -0.2) is 26.0 Å². The maximum absolute atomic E-state index is 13.5. The van der Waals surface area contributed by atoms with Crippen LogP contribution in [0, 0.1) is 13.8 Å². The first-order valence-electron chi connectivity index (χ1n) is 10.8. The van der Waals surface area contributed by atoms with Crippen molar-refractivity contribution < 1.29 is 4.79 Å². The molecule has 1 aliphatic rings. The minimum absolute atomic E-state index is 0.0398. The molecule has 31 heavy (non-hydrogen) atoms. The number of anilines is 1. The number of rotatable bonds is 6. The second kappa shape index (κ2) is 9.14. The molecule has 0 spiro atoms. The molecule has 0 saturated carbocycles. The fraction of sp³-hybridized carbons (Fsp3) is 0.375. The number of amides is 1. The second-order valence-electron chi connectivity index (χ2n) is 7.96. The predicted molar refractivity (Wildman–Crippen MR) is 126 cm³/mol. The van der Waals surface area contributed by atoms with E-state index in [2.05, 4.69) is 72.0 Å². The SMILES string of the molecule is CCCc1nnc2n1NC(c1ccc(CC)cc1)C(C(=O)Nc1cccc(C)c1C)S2. The van der Waals surface area contributed by atoms with E-state index in [-0.39, 0.29) is 17.2 Å². The highest BCUT2D eigenvalue weighted by molar-refractivity contribution is 8.00. The topological polar surface area (TPSA) is 71.8 Å². The summed E-state index contributed by atoms with van der Waals surface area (Å²) >= 11 is 1.47. The Morgan fingerprint density at radius 2 is 1.90 bits per heavy atom. The Morgan fingerprint density at radius 1 is 1.13 bits per heavy atom. The van der Waals surface area contributed by atoms with Crippen LogP contribution in [0.15, 0.2) is 47.6 Å². The number of carbonyl (C=O) groups is 1. The van der Waals surface area contributed by atoms with Crippen LogP contribution in [0.4, 0.5) is 5.69 Å². The van der Waals surface area contributed by atoms with Crippen molar-refractivity contribution in [2.24, 2.45) is 0 Å². The number of carbonyl (C=O) groups excluding carboxylic acids is 1. The van der Waals surface area contributed by atoms with E-state index in [1.54, 1.807) is 0 Å². The number of hydrogen-bond donors (Lipinski definition) is 2. The Kier molecular flexibility index (Phi) is 6.32. The van der Waals surface area contributed by atoms with Crippen molar-refractivity contribution in [1.29, 1.82) is 0 Å². The summed E-state index contributed by atoms with van der Waals surface area (Å²) in [6, 6.07) is 14.3. The lowest BCUT2D eigenvalue weighted by molar-refractivity contribution is -0.116. The average Bonchev–Trinajstić information content (AvgIpc) is 3.18. The zero-order valence-corrected chi connectivity index (χ0v) is 19.3. The molecule has 0 fully saturated rings. The van der Waals surface area contributed by atoms with E-state index >= 15 is 0 Å². The second-order valence-corrected chi connectivity index (χ2v) is 9.07. The molecule has 6 nitrogen and oxygen atoms in total. The molecular formula is C24H29N5OS. The van der Waals surface area contributed by atoms with Crippen LogP contribution in [0.3, 0.4) is 0 Å². The maximum atomic E-state index is 13.5. The number of nitrogens with one attached hydrogen (secondary N) is 2. The number of aromatic nitrogens is 3. The number of benzene rings is 2. The molecule has 2 aromatic carbocycles. The maximum Gasteiger partial charge on any atom is 0.240 e. The first-order valence-corrected chi connectivity index (χ1v) is 11.7. The third kappa shape index (κ3) is 4.32. The minimum Gasteiger partial charge on any atom is -0.325 e. The first-order chi connectivity index (χ1) is 15.0. The summed E-state index contributed by atoms with van der Waals surface area (Å²) in [6.07, 6.45) is 2.80. The lowest BCUT2D eigenvalue weighted by atomic mass is 10.0. The third-order valence-corrected chi connectivity index (χ3v) is 7.06. The molecule has 2 unspecified atom stereocenters. The molecule has 0 saturated heterocycles. The summed E-state index contributed by atoms with van der Waals surface area (Å²) < 4.78 is 1.95. The Morgan fingerprint density at radius 3 is 2.61 bits per heavy atom. The molecule has 2 N–H and O–H groups in total. The third-order valence-electron chi connectivity index (χ3n) is 5.85. The highest BCUT2D eigenvalue weighted by Gasteiger charge is 2.37. The molecular weight excluding hydrogens is 406 g/mol. The number of nitrogens with zero attached hydrogens (tertiary/aromatic N) is 3. The summed E-state index contributed by atoms with van der Waals surface area (Å²) in [5.41, 5.74) is 8.98. The van der Waals surface area contributed by atoms with Gasteiger partial charge >= 0.3 is 0 Å². The summed E-state index contributed by atoms with van der Waals surface area (Å²) in [4.78, 5) is 13.5. The number of thioether (sulfide) groups is 1. The van der Waals surface area contributed by atoms with Crippen LogP contribution in [0.5, 0.6) is 0 Å². The quantitative estimate of drug-likeness (QED) is 0.581. The first kappa shape index (κ1) is 21.4. The zero-order chi connectivity index (χ0) is 22.0. The van der Waals surface area contributed by atoms with E-state index < -0.39 is 0 Å². The highest BCUT2D eigenvalue weighted by Crippen LogP contribution is 2.38. The van der Waals surface area contributed by atoms with Crippen LogP contribution >= 0.6 is 11.8 Å². The van der Waals surface area contributed by atoms with Gasteiger partial charge < -0.3 is 10.7 Å². The van der Waals surface area contributed by atoms with Gasteiger partial charge in [-0.15, -0.1) is 10.2 Å². The van der Waals surface area contributed by atoms with Crippen LogP contribution in [0.25, 0.3) is 0 Å². The van der Waals surface area contributed by atoms with Crippen molar-refractivity contribution in [1.82, 2.24) is 14.9 Å². The molecule has 7 heteroatoms. The summed E-state index contributed by atoms with van der Waals surface area (Å²) in [5, 5.41) is 12.2. The fourth-order valence-corrected chi connectivity index (χ4v) is 4.88. The van der Waals surface area contributed by atoms with Gasteiger partial charge in [0, 0.05) is 12.1 Å². The number of fused-ring (bicyclic) bond motifs is 1. The molecule has 0 aliphatic carbocycles. The van der Waals surface area contributed by atoms with Gasteiger partial charge in [-0.1, -0.05) is 62.0 Å². The van der Waals surface area contributed by atoms with Gasteiger partial charge in [0.1, 0.15) is 5.25 Å². The summed E-state index contributed by atoms with van der Waals surface area (Å²) in [6.45, 7) is 8.35. The van der Waals surface area contributed by atoms with Gasteiger partial charge in [0.05, 0.1) is 6.04 Å². The zero-order valence-electron chi connectivity index (χ0n) is 18.5. The average molecular weight is 436 g/mol. The molecule has 0 radical (unpaired) electrons. The normalized spacial score (nSPS) is 17.7. The number of aryl methyl sites for hydroxylation is 3. The molecule has 1 amide bonds. The van der Waals surface area contributed by atoms with Gasteiger partial charge in [0.25, 0.3) is 0 Å². The van der Waals surface area contributed by atoms with Crippen molar-refractivity contribution in [2.75, 3.05) is 10.7 Å². The molecule has 1 aliphatic heterocycles.